The van der Waals surface area contributed by atoms with E-state index < -0.39 is 12.2 Å². The number of fused-ring (bicyclic) bond motifs is 8. The molecule has 10 heteroatoms. The third kappa shape index (κ3) is 7.91. The number of ether oxygens (including phenoxy) is 4. The van der Waals surface area contributed by atoms with Crippen LogP contribution < -0.4 is 18.9 Å². The SMILES string of the molecule is CC[C@H]1CN2CC[C@H]1C[C@H]2[C@H](Oc1nc(-c2ccccc2)nc(O[C@H](c2ccnc3ccc(OC)cc23)[C@@H]2C[C@@H]3CCN2C[C@@H]3CC)c1-c1ccccc1)c1ccnc2ccc(OC)cc12. The van der Waals surface area contributed by atoms with Gasteiger partial charge in [-0.1, -0.05) is 87.4 Å². The number of pyridine rings is 2. The summed E-state index contributed by atoms with van der Waals surface area (Å²) in [6.45, 7) is 8.88. The summed E-state index contributed by atoms with van der Waals surface area (Å²) in [6, 6.07) is 37.4. The molecule has 6 aliphatic heterocycles. The monoisotopic (exact) mass is 880 g/mol. The van der Waals surface area contributed by atoms with Crippen molar-refractivity contribution in [3.05, 3.63) is 133 Å². The van der Waals surface area contributed by atoms with Gasteiger partial charge in [-0.25, -0.2) is 0 Å². The number of benzene rings is 4. The number of hydrogen-bond acceptors (Lipinski definition) is 10. The Kier molecular flexibility index (Phi) is 11.8. The van der Waals surface area contributed by atoms with Crippen molar-refractivity contribution in [1.29, 1.82) is 0 Å². The van der Waals surface area contributed by atoms with E-state index in [9.17, 15) is 0 Å². The Morgan fingerprint density at radius 3 is 1.47 bits per heavy atom. The first kappa shape index (κ1) is 42.5. The summed E-state index contributed by atoms with van der Waals surface area (Å²) in [5.41, 5.74) is 6.48. The number of aromatic nitrogens is 4. The quantitative estimate of drug-likeness (QED) is 0.105. The van der Waals surface area contributed by atoms with Gasteiger partial charge in [-0.15, -0.1) is 0 Å². The largest absolute Gasteiger partial charge is 0.497 e. The van der Waals surface area contributed by atoms with Gasteiger partial charge in [0.1, 0.15) is 29.3 Å². The molecular weight excluding hydrogens is 821 g/mol. The van der Waals surface area contributed by atoms with Crippen LogP contribution in [0.3, 0.4) is 0 Å². The minimum Gasteiger partial charge on any atom is -0.497 e. The highest BCUT2D eigenvalue weighted by molar-refractivity contribution is 5.85. The Bertz CT molecular complexity index is 2680. The number of rotatable bonds is 14. The lowest BCUT2D eigenvalue weighted by Gasteiger charge is -2.52. The summed E-state index contributed by atoms with van der Waals surface area (Å²) in [5, 5.41) is 2.02. The Labute approximate surface area is 388 Å². The standard InChI is InChI=1S/C56H60N6O4/c1-5-35-33-61-27-23-39(35)29-49(61)52(43-21-25-57-47-19-17-41(63-3)31-45(43)47)65-55-51(37-13-9-7-10-14-37)56(60-54(59-55)38-15-11-8-12-16-38)66-53(50-30-40-24-28-62(50)34-36(40)6-2)44-22-26-58-48-20-18-42(64-4)32-46(44)48/h7-22,25-26,31-32,35-36,39-40,49-50,52-53H,5-6,23-24,27-30,33-34H2,1-4H3/t35-,36-,39-,40-,49-,50-,52+,53+/m0/s1. The Balaban J connectivity index is 1.13. The average molecular weight is 881 g/mol. The highest BCUT2D eigenvalue weighted by Gasteiger charge is 2.47. The average Bonchev–Trinajstić information content (AvgIpc) is 3.39. The lowest BCUT2D eigenvalue weighted by molar-refractivity contribution is -0.0510. The van der Waals surface area contributed by atoms with Crippen molar-refractivity contribution in [2.24, 2.45) is 23.7 Å². The molecule has 2 unspecified atom stereocenters. The third-order valence-electron chi connectivity index (χ3n) is 15.6. The first-order valence-corrected chi connectivity index (χ1v) is 24.2. The molecule has 7 aromatic rings. The van der Waals surface area contributed by atoms with E-state index in [0.29, 0.717) is 41.3 Å². The van der Waals surface area contributed by atoms with Crippen molar-refractivity contribution < 1.29 is 18.9 Å². The van der Waals surface area contributed by atoms with E-state index in [1.165, 1.54) is 25.7 Å². The van der Waals surface area contributed by atoms with Gasteiger partial charge in [0.15, 0.2) is 5.82 Å². The van der Waals surface area contributed by atoms with Gasteiger partial charge in [0.05, 0.1) is 37.3 Å². The Morgan fingerprint density at radius 1 is 0.576 bits per heavy atom. The molecule has 10 atom stereocenters. The van der Waals surface area contributed by atoms with Gasteiger partial charge in [0.2, 0.25) is 11.8 Å². The molecule has 0 spiro atoms. The second kappa shape index (κ2) is 18.3. The molecule has 0 aliphatic carbocycles. The van der Waals surface area contributed by atoms with Crippen LogP contribution in [0, 0.1) is 23.7 Å². The van der Waals surface area contributed by atoms with Crippen molar-refractivity contribution in [2.75, 3.05) is 40.4 Å². The van der Waals surface area contributed by atoms with Crippen molar-refractivity contribution in [3.63, 3.8) is 0 Å². The predicted octanol–water partition coefficient (Wildman–Crippen LogP) is 11.4. The second-order valence-electron chi connectivity index (χ2n) is 18.9. The molecule has 0 saturated carbocycles. The second-order valence-corrected chi connectivity index (χ2v) is 18.9. The van der Waals surface area contributed by atoms with E-state index in [2.05, 4.69) is 90.4 Å². The Hall–Kier alpha value is -6.10. The minimum absolute atomic E-state index is 0.106. The predicted molar refractivity (Wildman–Crippen MR) is 260 cm³/mol. The van der Waals surface area contributed by atoms with Crippen LogP contribution in [-0.2, 0) is 0 Å². The maximum Gasteiger partial charge on any atom is 0.229 e. The normalized spacial score (nSPS) is 25.4. The van der Waals surface area contributed by atoms with Gasteiger partial charge in [0, 0.05) is 52.9 Å². The highest BCUT2D eigenvalue weighted by Crippen LogP contribution is 2.50. The van der Waals surface area contributed by atoms with Crippen LogP contribution in [-0.4, -0.2) is 82.2 Å². The fourth-order valence-corrected chi connectivity index (χ4v) is 12.1. The zero-order valence-electron chi connectivity index (χ0n) is 38.6. The summed E-state index contributed by atoms with van der Waals surface area (Å²) in [4.78, 5) is 26.0. The lowest BCUT2D eigenvalue weighted by Crippen LogP contribution is -2.56. The van der Waals surface area contributed by atoms with E-state index in [4.69, 9.17) is 38.9 Å². The summed E-state index contributed by atoms with van der Waals surface area (Å²) in [7, 11) is 3.44. The molecule has 6 aliphatic rings. The van der Waals surface area contributed by atoms with Crippen LogP contribution in [0.15, 0.2) is 122 Å². The van der Waals surface area contributed by atoms with Gasteiger partial charge in [0.25, 0.3) is 0 Å². The van der Waals surface area contributed by atoms with Crippen LogP contribution in [0.4, 0.5) is 0 Å². The van der Waals surface area contributed by atoms with Gasteiger partial charge >= 0.3 is 0 Å². The van der Waals surface area contributed by atoms with Crippen LogP contribution in [0.2, 0.25) is 0 Å². The van der Waals surface area contributed by atoms with E-state index in [0.717, 1.165) is 100 Å². The number of nitrogens with zero attached hydrogens (tertiary/aromatic N) is 6. The summed E-state index contributed by atoms with van der Waals surface area (Å²) < 4.78 is 27.2. The van der Waals surface area contributed by atoms with E-state index in [1.54, 1.807) is 14.2 Å². The molecule has 0 N–H and O–H groups in total. The highest BCUT2D eigenvalue weighted by atomic mass is 16.5. The summed E-state index contributed by atoms with van der Waals surface area (Å²) >= 11 is 0. The molecule has 10 nitrogen and oxygen atoms in total. The first-order chi connectivity index (χ1) is 32.5. The lowest BCUT2D eigenvalue weighted by atomic mass is 9.72. The fourth-order valence-electron chi connectivity index (χ4n) is 12.1. The molecule has 0 radical (unpaired) electrons. The smallest absolute Gasteiger partial charge is 0.229 e. The van der Waals surface area contributed by atoms with Crippen LogP contribution in [0.5, 0.6) is 23.3 Å². The molecule has 13 rings (SSSR count). The minimum atomic E-state index is -0.393. The van der Waals surface area contributed by atoms with Gasteiger partial charge < -0.3 is 18.9 Å². The van der Waals surface area contributed by atoms with Crippen LogP contribution >= 0.6 is 0 Å². The van der Waals surface area contributed by atoms with Gasteiger partial charge in [-0.3, -0.25) is 19.8 Å². The van der Waals surface area contributed by atoms with E-state index in [1.807, 2.05) is 54.9 Å². The maximum absolute atomic E-state index is 7.76. The zero-order valence-corrected chi connectivity index (χ0v) is 38.6. The van der Waals surface area contributed by atoms with Crippen molar-refractivity contribution in [1.82, 2.24) is 29.7 Å². The van der Waals surface area contributed by atoms with Crippen molar-refractivity contribution in [2.45, 2.75) is 76.7 Å². The van der Waals surface area contributed by atoms with Gasteiger partial charge in [-0.2, -0.15) is 9.97 Å². The van der Waals surface area contributed by atoms with Crippen molar-refractivity contribution in [3.8, 4) is 45.8 Å². The van der Waals surface area contributed by atoms with Crippen LogP contribution in [0.1, 0.15) is 75.7 Å². The zero-order chi connectivity index (χ0) is 44.7. The molecule has 3 aromatic heterocycles. The third-order valence-corrected chi connectivity index (χ3v) is 15.6. The molecular formula is C56H60N6O4. The van der Waals surface area contributed by atoms with Crippen LogP contribution in [0.25, 0.3) is 44.3 Å². The molecule has 338 valence electrons. The number of methoxy groups -OCH3 is 2. The molecule has 0 amide bonds. The van der Waals surface area contributed by atoms with E-state index in [-0.39, 0.29) is 12.1 Å². The fraction of sp³-hybridized carbons (Fsp3) is 0.393. The van der Waals surface area contributed by atoms with Gasteiger partial charge in [-0.05, 0) is 117 Å². The summed E-state index contributed by atoms with van der Waals surface area (Å²) in [6.07, 6.45) is 9.90. The molecule has 4 aromatic carbocycles. The van der Waals surface area contributed by atoms with E-state index >= 15 is 0 Å². The first-order valence-electron chi connectivity index (χ1n) is 24.2. The Morgan fingerprint density at radius 2 is 1.05 bits per heavy atom. The molecule has 4 bridgehead atoms. The summed E-state index contributed by atoms with van der Waals surface area (Å²) in [5.74, 6) is 5.70. The number of piperidine rings is 6. The molecule has 6 fully saturated rings. The number of hydrogen-bond donors (Lipinski definition) is 0. The maximum atomic E-state index is 7.76. The molecule has 6 saturated heterocycles. The van der Waals surface area contributed by atoms with Crippen molar-refractivity contribution >= 4 is 21.8 Å². The topological polar surface area (TPSA) is 95.0 Å². The molecule has 66 heavy (non-hydrogen) atoms. The molecule has 9 heterocycles.